The molecule has 1 heterocycles. The van der Waals surface area contributed by atoms with Gasteiger partial charge in [-0.3, -0.25) is 10.1 Å². The fourth-order valence-electron chi connectivity index (χ4n) is 2.36. The highest BCUT2D eigenvalue weighted by Gasteiger charge is 2.15. The Morgan fingerprint density at radius 2 is 1.96 bits per heavy atom. The number of hydrogen-bond donors (Lipinski definition) is 1. The minimum absolute atomic E-state index is 0.317. The quantitative estimate of drug-likeness (QED) is 0.690. The molecule has 0 saturated carbocycles. The van der Waals surface area contributed by atoms with Gasteiger partial charge < -0.3 is 4.74 Å². The molecule has 0 atom stereocenters. The molecule has 134 valence electrons. The number of aromatic nitrogens is 1. The zero-order valence-electron chi connectivity index (χ0n) is 14.0. The smallest absolute Gasteiger partial charge is 0.260 e. The summed E-state index contributed by atoms with van der Waals surface area (Å²) < 4.78 is 31.9. The predicted molar refractivity (Wildman–Crippen MR) is 97.4 cm³/mol. The van der Waals surface area contributed by atoms with E-state index >= 15 is 0 Å². The molecule has 0 aliphatic rings. The molecule has 0 bridgehead atoms. The van der Waals surface area contributed by atoms with Crippen LogP contribution in [-0.2, 0) is 11.2 Å². The van der Waals surface area contributed by atoms with Gasteiger partial charge in [0.25, 0.3) is 5.91 Å². The fraction of sp³-hybridized carbons (Fsp3) is 0.158. The van der Waals surface area contributed by atoms with Crippen molar-refractivity contribution in [3.63, 3.8) is 0 Å². The number of amides is 1. The summed E-state index contributed by atoms with van der Waals surface area (Å²) in [6.45, 7) is 0.656. The minimum Gasteiger partial charge on any atom is -0.384 e. The average molecular weight is 374 g/mol. The first-order valence-electron chi connectivity index (χ1n) is 7.87. The highest BCUT2D eigenvalue weighted by Crippen LogP contribution is 2.26. The summed E-state index contributed by atoms with van der Waals surface area (Å²) in [5.74, 6) is -2.20. The topological polar surface area (TPSA) is 51.2 Å². The van der Waals surface area contributed by atoms with Crippen molar-refractivity contribution in [1.82, 2.24) is 4.98 Å². The minimum atomic E-state index is -0.785. The Hall–Kier alpha value is -2.64. The van der Waals surface area contributed by atoms with Gasteiger partial charge in [0.2, 0.25) is 0 Å². The molecule has 0 unspecified atom stereocenters. The molecule has 3 aromatic rings. The number of rotatable bonds is 6. The highest BCUT2D eigenvalue weighted by molar-refractivity contribution is 7.14. The van der Waals surface area contributed by atoms with Gasteiger partial charge in [-0.25, -0.2) is 13.8 Å². The Bertz CT molecular complexity index is 910. The van der Waals surface area contributed by atoms with Crippen LogP contribution in [0, 0.1) is 11.6 Å². The number of nitrogens with zero attached hydrogens (tertiary/aromatic N) is 1. The molecule has 0 radical (unpaired) electrons. The molecule has 1 aromatic heterocycles. The molecule has 0 aliphatic heterocycles. The van der Waals surface area contributed by atoms with Crippen molar-refractivity contribution in [2.45, 2.75) is 6.42 Å². The average Bonchev–Trinajstić information content (AvgIpc) is 3.10. The maximum absolute atomic E-state index is 13.7. The van der Waals surface area contributed by atoms with E-state index in [1.165, 1.54) is 11.3 Å². The summed E-state index contributed by atoms with van der Waals surface area (Å²) in [4.78, 5) is 16.5. The summed E-state index contributed by atoms with van der Waals surface area (Å²) in [6.07, 6.45) is 0.828. The molecule has 2 aromatic carbocycles. The molecule has 0 fully saturated rings. The summed E-state index contributed by atoms with van der Waals surface area (Å²) in [5.41, 5.74) is 2.40. The number of methoxy groups -OCH3 is 1. The molecule has 0 saturated heterocycles. The third-order valence-electron chi connectivity index (χ3n) is 3.74. The van der Waals surface area contributed by atoms with Gasteiger partial charge in [0, 0.05) is 18.1 Å². The molecule has 0 spiro atoms. The van der Waals surface area contributed by atoms with Crippen LogP contribution in [0.15, 0.2) is 47.8 Å². The maximum Gasteiger partial charge on any atom is 0.260 e. The number of nitrogens with one attached hydrogen (secondary N) is 1. The summed E-state index contributed by atoms with van der Waals surface area (Å²) >= 11 is 1.22. The van der Waals surface area contributed by atoms with Gasteiger partial charge in [-0.1, -0.05) is 24.3 Å². The van der Waals surface area contributed by atoms with Gasteiger partial charge in [0.1, 0.15) is 11.6 Å². The van der Waals surface area contributed by atoms with Crippen molar-refractivity contribution >= 4 is 22.4 Å². The Kier molecular flexibility index (Phi) is 5.70. The number of ether oxygens (including phenoxy) is 1. The van der Waals surface area contributed by atoms with Crippen LogP contribution in [0.3, 0.4) is 0 Å². The van der Waals surface area contributed by atoms with E-state index in [0.717, 1.165) is 35.7 Å². The standard InChI is InChI=1S/C19H16F2N2O2S/c1-25-9-8-12-2-4-13(5-3-12)17-11-26-19(22-17)23-18(24)15-10-14(20)6-7-16(15)21/h2-7,10-11H,8-9H2,1H3,(H,22,23,24). The molecular formula is C19H16F2N2O2S. The molecule has 1 N–H and O–H groups in total. The molecule has 0 aliphatic carbocycles. The van der Waals surface area contributed by atoms with Crippen LogP contribution in [0.25, 0.3) is 11.3 Å². The molecule has 26 heavy (non-hydrogen) atoms. The number of carbonyl (C=O) groups is 1. The highest BCUT2D eigenvalue weighted by atomic mass is 32.1. The first-order valence-corrected chi connectivity index (χ1v) is 8.75. The van der Waals surface area contributed by atoms with Crippen molar-refractivity contribution in [1.29, 1.82) is 0 Å². The van der Waals surface area contributed by atoms with E-state index in [1.807, 2.05) is 24.3 Å². The number of anilines is 1. The van der Waals surface area contributed by atoms with E-state index in [4.69, 9.17) is 4.74 Å². The maximum atomic E-state index is 13.7. The second-order valence-corrected chi connectivity index (χ2v) is 6.41. The lowest BCUT2D eigenvalue weighted by Crippen LogP contribution is -2.13. The van der Waals surface area contributed by atoms with Crippen LogP contribution in [0.1, 0.15) is 15.9 Å². The molecule has 4 nitrogen and oxygen atoms in total. The van der Waals surface area contributed by atoms with Gasteiger partial charge in [-0.2, -0.15) is 0 Å². The zero-order valence-corrected chi connectivity index (χ0v) is 14.8. The Balaban J connectivity index is 1.71. The van der Waals surface area contributed by atoms with Crippen LogP contribution in [0.2, 0.25) is 0 Å². The monoisotopic (exact) mass is 374 g/mol. The molecule has 3 rings (SSSR count). The van der Waals surface area contributed by atoms with E-state index in [-0.39, 0.29) is 5.56 Å². The lowest BCUT2D eigenvalue weighted by Gasteiger charge is -2.03. The zero-order chi connectivity index (χ0) is 18.5. The fourth-order valence-corrected chi connectivity index (χ4v) is 3.08. The lowest BCUT2D eigenvalue weighted by atomic mass is 10.1. The third kappa shape index (κ3) is 4.30. The van der Waals surface area contributed by atoms with Crippen LogP contribution in [-0.4, -0.2) is 24.6 Å². The van der Waals surface area contributed by atoms with E-state index in [9.17, 15) is 13.6 Å². The third-order valence-corrected chi connectivity index (χ3v) is 4.50. The second kappa shape index (κ2) is 8.16. The Morgan fingerprint density at radius 1 is 1.19 bits per heavy atom. The number of thiazole rings is 1. The lowest BCUT2D eigenvalue weighted by molar-refractivity contribution is 0.102. The van der Waals surface area contributed by atoms with E-state index in [1.54, 1.807) is 12.5 Å². The van der Waals surface area contributed by atoms with Crippen LogP contribution < -0.4 is 5.32 Å². The van der Waals surface area contributed by atoms with Crippen molar-refractivity contribution in [2.24, 2.45) is 0 Å². The largest absolute Gasteiger partial charge is 0.384 e. The van der Waals surface area contributed by atoms with Crippen LogP contribution >= 0.6 is 11.3 Å². The van der Waals surface area contributed by atoms with Crippen LogP contribution in [0.4, 0.5) is 13.9 Å². The first kappa shape index (κ1) is 18.2. The molecule has 1 amide bonds. The first-order chi connectivity index (χ1) is 12.6. The normalized spacial score (nSPS) is 10.7. The van der Waals surface area contributed by atoms with Crippen molar-refractivity contribution in [2.75, 3.05) is 19.0 Å². The van der Waals surface area contributed by atoms with Crippen molar-refractivity contribution in [3.05, 3.63) is 70.6 Å². The predicted octanol–water partition coefficient (Wildman–Crippen LogP) is 4.53. The van der Waals surface area contributed by atoms with Gasteiger partial charge in [0.15, 0.2) is 5.13 Å². The summed E-state index contributed by atoms with van der Waals surface area (Å²) in [6, 6.07) is 10.6. The SMILES string of the molecule is COCCc1ccc(-c2csc(NC(=O)c3cc(F)ccc3F)n2)cc1. The summed E-state index contributed by atoms with van der Waals surface area (Å²) in [7, 11) is 1.66. The van der Waals surface area contributed by atoms with Crippen molar-refractivity contribution < 1.29 is 18.3 Å². The van der Waals surface area contributed by atoms with Crippen molar-refractivity contribution in [3.8, 4) is 11.3 Å². The molecular weight excluding hydrogens is 358 g/mol. The number of carbonyl (C=O) groups excluding carboxylic acids is 1. The van der Waals surface area contributed by atoms with E-state index in [0.29, 0.717) is 17.4 Å². The Morgan fingerprint density at radius 3 is 2.69 bits per heavy atom. The van der Waals surface area contributed by atoms with E-state index < -0.39 is 17.5 Å². The molecule has 7 heteroatoms. The number of hydrogen-bond acceptors (Lipinski definition) is 4. The summed E-state index contributed by atoms with van der Waals surface area (Å²) in [5, 5.41) is 4.61. The van der Waals surface area contributed by atoms with Gasteiger partial charge in [0.05, 0.1) is 17.9 Å². The van der Waals surface area contributed by atoms with Gasteiger partial charge in [-0.15, -0.1) is 11.3 Å². The Labute approximate surface area is 153 Å². The van der Waals surface area contributed by atoms with E-state index in [2.05, 4.69) is 10.3 Å². The number of benzene rings is 2. The van der Waals surface area contributed by atoms with Gasteiger partial charge in [-0.05, 0) is 30.2 Å². The second-order valence-electron chi connectivity index (χ2n) is 5.56. The number of halogens is 2. The van der Waals surface area contributed by atoms with Crippen LogP contribution in [0.5, 0.6) is 0 Å². The van der Waals surface area contributed by atoms with Gasteiger partial charge >= 0.3 is 0 Å².